The Kier molecular flexibility index (Phi) is 10.6. The number of rotatable bonds is 9. The van der Waals surface area contributed by atoms with Gasteiger partial charge in [-0.1, -0.05) is 30.3 Å². The predicted octanol–water partition coefficient (Wildman–Crippen LogP) is 4.57. The number of nitrogens with zero attached hydrogens (tertiary/aromatic N) is 4. The van der Waals surface area contributed by atoms with Crippen LogP contribution < -0.4 is 16.4 Å². The largest absolute Gasteiger partial charge is 0.344 e. The van der Waals surface area contributed by atoms with E-state index in [1.807, 2.05) is 49.4 Å². The molecule has 1 atom stereocenters. The van der Waals surface area contributed by atoms with Gasteiger partial charge >= 0.3 is 0 Å². The molecule has 11 heteroatoms. The van der Waals surface area contributed by atoms with Crippen LogP contribution in [0.5, 0.6) is 0 Å². The summed E-state index contributed by atoms with van der Waals surface area (Å²) in [5, 5.41) is 29.1. The van der Waals surface area contributed by atoms with Crippen molar-refractivity contribution in [2.75, 3.05) is 11.9 Å². The first kappa shape index (κ1) is 31.3. The number of benzene rings is 3. The van der Waals surface area contributed by atoms with Gasteiger partial charge in [0.05, 0.1) is 11.6 Å². The molecule has 3 aromatic carbocycles. The van der Waals surface area contributed by atoms with Crippen LogP contribution in [0.3, 0.4) is 0 Å². The van der Waals surface area contributed by atoms with Crippen molar-refractivity contribution >= 4 is 29.9 Å². The summed E-state index contributed by atoms with van der Waals surface area (Å²) in [7, 11) is 0. The number of carbonyl (C=O) groups is 2. The van der Waals surface area contributed by atoms with Crippen molar-refractivity contribution in [3.05, 3.63) is 83.4 Å². The van der Waals surface area contributed by atoms with Gasteiger partial charge in [-0.25, -0.2) is 0 Å². The van der Waals surface area contributed by atoms with Gasteiger partial charge < -0.3 is 16.4 Å². The number of H-pyrrole nitrogens is 1. The Morgan fingerprint density at radius 1 is 1.02 bits per heavy atom. The van der Waals surface area contributed by atoms with E-state index in [2.05, 4.69) is 37.3 Å². The quantitative estimate of drug-likeness (QED) is 0.219. The fourth-order valence-corrected chi connectivity index (χ4v) is 5.49. The molecular formula is C32H35ClN8O2. The van der Waals surface area contributed by atoms with E-state index >= 15 is 0 Å². The normalized spacial score (nSPS) is 16.8. The van der Waals surface area contributed by atoms with Crippen molar-refractivity contribution in [3.63, 3.8) is 0 Å². The molecule has 0 spiro atoms. The predicted molar refractivity (Wildman–Crippen MR) is 167 cm³/mol. The minimum Gasteiger partial charge on any atom is -0.344 e. The zero-order valence-electron chi connectivity index (χ0n) is 23.9. The van der Waals surface area contributed by atoms with Crippen LogP contribution >= 0.6 is 12.4 Å². The molecule has 0 bridgehead atoms. The lowest BCUT2D eigenvalue weighted by atomic mass is 9.81. The topological polar surface area (TPSA) is 162 Å². The summed E-state index contributed by atoms with van der Waals surface area (Å²) in [6, 6.07) is 22.1. The maximum atomic E-state index is 13.5. The summed E-state index contributed by atoms with van der Waals surface area (Å²) in [5.74, 6) is 0.407. The summed E-state index contributed by atoms with van der Waals surface area (Å²) in [5.41, 5.74) is 11.8. The zero-order valence-corrected chi connectivity index (χ0v) is 24.7. The van der Waals surface area contributed by atoms with Gasteiger partial charge in [0.15, 0.2) is 0 Å². The highest BCUT2D eigenvalue weighted by molar-refractivity contribution is 5.97. The maximum Gasteiger partial charge on any atom is 0.247 e. The number of amides is 2. The third-order valence-corrected chi connectivity index (χ3v) is 8.00. The van der Waals surface area contributed by atoms with E-state index in [-0.39, 0.29) is 30.1 Å². The third-order valence-electron chi connectivity index (χ3n) is 8.00. The maximum absolute atomic E-state index is 13.5. The number of nitriles is 1. The van der Waals surface area contributed by atoms with E-state index in [0.717, 1.165) is 53.5 Å². The lowest BCUT2D eigenvalue weighted by Crippen LogP contribution is -2.48. The zero-order chi connectivity index (χ0) is 29.5. The van der Waals surface area contributed by atoms with Crippen LogP contribution in [-0.4, -0.2) is 45.0 Å². The third kappa shape index (κ3) is 7.83. The van der Waals surface area contributed by atoms with Gasteiger partial charge in [-0.15, -0.1) is 22.6 Å². The Morgan fingerprint density at radius 2 is 1.72 bits per heavy atom. The molecule has 222 valence electrons. The summed E-state index contributed by atoms with van der Waals surface area (Å²) in [6.45, 7) is 2.62. The number of carbonyl (C=O) groups excluding carboxylic acids is 2. The van der Waals surface area contributed by atoms with Crippen molar-refractivity contribution in [3.8, 4) is 28.6 Å². The molecule has 0 saturated heterocycles. The summed E-state index contributed by atoms with van der Waals surface area (Å²) < 4.78 is 0. The first-order valence-electron chi connectivity index (χ1n) is 14.2. The SMILES string of the molecule is Cc1cc(C#N)ccc1-c1ccc(C[C@H](NC(=O)C2CCC(CN)CC2)C(=O)Nc2ccc(-c3nn[nH]n3)cc2)cc1.Cl. The molecule has 1 heterocycles. The van der Waals surface area contributed by atoms with Crippen molar-refractivity contribution in [2.45, 2.75) is 45.1 Å². The number of halogens is 1. The van der Waals surface area contributed by atoms with Gasteiger partial charge in [0.1, 0.15) is 6.04 Å². The molecule has 1 saturated carbocycles. The Morgan fingerprint density at radius 3 is 2.33 bits per heavy atom. The second-order valence-corrected chi connectivity index (χ2v) is 10.9. The Hall–Kier alpha value is -4.59. The fraction of sp³-hybridized carbons (Fsp3) is 0.312. The average molecular weight is 599 g/mol. The molecule has 0 aliphatic heterocycles. The van der Waals surface area contributed by atoms with Gasteiger partial charge in [-0.05, 0) is 109 Å². The van der Waals surface area contributed by atoms with Crippen molar-refractivity contribution in [2.24, 2.45) is 17.6 Å². The number of hydrogen-bond acceptors (Lipinski definition) is 7. The summed E-state index contributed by atoms with van der Waals surface area (Å²) in [6.07, 6.45) is 3.74. The highest BCUT2D eigenvalue weighted by Gasteiger charge is 2.29. The number of nitrogens with one attached hydrogen (secondary N) is 3. The molecule has 1 aromatic heterocycles. The number of tetrazole rings is 1. The molecule has 0 unspecified atom stereocenters. The number of aromatic nitrogens is 4. The van der Waals surface area contributed by atoms with Crippen molar-refractivity contribution in [1.29, 1.82) is 5.26 Å². The monoisotopic (exact) mass is 598 g/mol. The summed E-state index contributed by atoms with van der Waals surface area (Å²) in [4.78, 5) is 26.8. The molecule has 4 aromatic rings. The van der Waals surface area contributed by atoms with Crippen molar-refractivity contribution in [1.82, 2.24) is 25.9 Å². The van der Waals surface area contributed by atoms with E-state index in [1.54, 1.807) is 24.3 Å². The van der Waals surface area contributed by atoms with Crippen LogP contribution in [0, 0.1) is 30.1 Å². The number of anilines is 1. The number of hydrogen-bond donors (Lipinski definition) is 4. The second-order valence-electron chi connectivity index (χ2n) is 10.9. The van der Waals surface area contributed by atoms with Gasteiger partial charge in [-0.3, -0.25) is 9.59 Å². The highest BCUT2D eigenvalue weighted by atomic mass is 35.5. The van der Waals surface area contributed by atoms with E-state index in [4.69, 9.17) is 5.73 Å². The van der Waals surface area contributed by atoms with Crippen LogP contribution in [-0.2, 0) is 16.0 Å². The minimum absolute atomic E-state index is 0. The lowest BCUT2D eigenvalue weighted by molar-refractivity contribution is -0.130. The molecule has 43 heavy (non-hydrogen) atoms. The molecule has 10 nitrogen and oxygen atoms in total. The Labute approximate surface area is 256 Å². The van der Waals surface area contributed by atoms with Gasteiger partial charge in [0.2, 0.25) is 17.6 Å². The number of nitrogens with two attached hydrogens (primary N) is 1. The van der Waals surface area contributed by atoms with Gasteiger partial charge in [0, 0.05) is 23.6 Å². The van der Waals surface area contributed by atoms with E-state index in [0.29, 0.717) is 36.0 Å². The molecule has 1 fully saturated rings. The molecule has 1 aliphatic carbocycles. The standard InChI is InChI=1S/C32H34N8O2.ClH/c1-20-16-23(19-34)6-15-28(20)24-7-2-21(3-8-24)17-29(36-31(41)26-9-4-22(18-33)5-10-26)32(42)35-27-13-11-25(12-14-27)30-37-39-40-38-30;/h2-3,6-8,11-16,22,26,29H,4-5,9-10,17-18,33H2,1H3,(H,35,42)(H,36,41)(H,37,38,39,40);1H/t22?,26?,29-;/m0./s1. The number of aryl methyl sites for hydroxylation is 1. The van der Waals surface area contributed by atoms with Gasteiger partial charge in [0.25, 0.3) is 0 Å². The first-order valence-corrected chi connectivity index (χ1v) is 14.2. The molecule has 5 rings (SSSR count). The molecule has 0 radical (unpaired) electrons. The molecule has 2 amide bonds. The highest BCUT2D eigenvalue weighted by Crippen LogP contribution is 2.29. The average Bonchev–Trinajstić information content (AvgIpc) is 3.57. The van der Waals surface area contributed by atoms with Crippen LogP contribution in [0.1, 0.15) is 42.4 Å². The fourth-order valence-electron chi connectivity index (χ4n) is 5.49. The number of aromatic amines is 1. The molecule has 5 N–H and O–H groups in total. The Bertz CT molecular complexity index is 1560. The van der Waals surface area contributed by atoms with Crippen molar-refractivity contribution < 1.29 is 9.59 Å². The van der Waals surface area contributed by atoms with Crippen LogP contribution in [0.25, 0.3) is 22.5 Å². The first-order chi connectivity index (χ1) is 20.4. The lowest BCUT2D eigenvalue weighted by Gasteiger charge is -2.28. The Balaban J connectivity index is 0.00000423. The van der Waals surface area contributed by atoms with E-state index in [1.165, 1.54) is 0 Å². The second kappa shape index (κ2) is 14.5. The van der Waals surface area contributed by atoms with Gasteiger partial charge in [-0.2, -0.15) is 10.5 Å². The van der Waals surface area contributed by atoms with Crippen LogP contribution in [0.2, 0.25) is 0 Å². The minimum atomic E-state index is -0.760. The summed E-state index contributed by atoms with van der Waals surface area (Å²) >= 11 is 0. The molecular weight excluding hydrogens is 564 g/mol. The van der Waals surface area contributed by atoms with E-state index < -0.39 is 6.04 Å². The van der Waals surface area contributed by atoms with E-state index in [9.17, 15) is 14.9 Å². The van der Waals surface area contributed by atoms with Crippen LogP contribution in [0.4, 0.5) is 5.69 Å². The van der Waals surface area contributed by atoms with Crippen LogP contribution in [0.15, 0.2) is 66.7 Å². The smallest absolute Gasteiger partial charge is 0.247 e. The molecule has 1 aliphatic rings.